The molecule has 4 atom stereocenters. The van der Waals surface area contributed by atoms with Crippen molar-refractivity contribution < 1.29 is 19.1 Å². The van der Waals surface area contributed by atoms with Crippen LogP contribution in [0.15, 0.2) is 53.0 Å². The van der Waals surface area contributed by atoms with Crippen LogP contribution < -0.4 is 9.64 Å². The topological polar surface area (TPSA) is 63.7 Å². The van der Waals surface area contributed by atoms with E-state index in [1.54, 1.807) is 48.5 Å². The first-order valence-electron chi connectivity index (χ1n) is 9.49. The molecule has 0 unspecified atom stereocenters. The van der Waals surface area contributed by atoms with Crippen molar-refractivity contribution in [3.05, 3.63) is 58.6 Å². The minimum Gasteiger partial charge on any atom is -0.421 e. The fourth-order valence-corrected chi connectivity index (χ4v) is 5.38. The van der Waals surface area contributed by atoms with Crippen LogP contribution in [0.4, 0.5) is 5.69 Å². The van der Waals surface area contributed by atoms with Crippen LogP contribution in [0.2, 0.25) is 0 Å². The summed E-state index contributed by atoms with van der Waals surface area (Å²) in [6, 6.07) is 13.6. The van der Waals surface area contributed by atoms with Gasteiger partial charge in [-0.3, -0.25) is 9.59 Å². The van der Waals surface area contributed by atoms with Crippen LogP contribution in [0, 0.1) is 23.7 Å². The van der Waals surface area contributed by atoms with Crippen LogP contribution in [0.1, 0.15) is 29.6 Å². The van der Waals surface area contributed by atoms with Gasteiger partial charge in [-0.1, -0.05) is 28.1 Å². The van der Waals surface area contributed by atoms with Crippen LogP contribution >= 0.6 is 15.9 Å². The van der Waals surface area contributed by atoms with E-state index >= 15 is 0 Å². The second-order valence-electron chi connectivity index (χ2n) is 7.76. The Kier molecular flexibility index (Phi) is 4.12. The summed E-state index contributed by atoms with van der Waals surface area (Å²) < 4.78 is 6.43. The van der Waals surface area contributed by atoms with Gasteiger partial charge in [0.25, 0.3) is 0 Å². The molecule has 2 aromatic rings. The minimum absolute atomic E-state index is 0.144. The molecule has 1 aliphatic heterocycles. The van der Waals surface area contributed by atoms with Gasteiger partial charge in [-0.25, -0.2) is 9.69 Å². The lowest BCUT2D eigenvalue weighted by molar-refractivity contribution is -0.123. The second-order valence-corrected chi connectivity index (χ2v) is 8.68. The van der Waals surface area contributed by atoms with E-state index in [4.69, 9.17) is 4.74 Å². The number of imide groups is 1. The first-order valence-corrected chi connectivity index (χ1v) is 10.3. The van der Waals surface area contributed by atoms with E-state index in [2.05, 4.69) is 15.9 Å². The predicted molar refractivity (Wildman–Crippen MR) is 106 cm³/mol. The Morgan fingerprint density at radius 3 is 2.18 bits per heavy atom. The highest BCUT2D eigenvalue weighted by Gasteiger charge is 2.61. The van der Waals surface area contributed by atoms with Crippen molar-refractivity contribution in [1.29, 1.82) is 0 Å². The summed E-state index contributed by atoms with van der Waals surface area (Å²) in [5.41, 5.74) is 0.753. The normalized spacial score (nSPS) is 28.0. The van der Waals surface area contributed by atoms with Crippen LogP contribution in [-0.4, -0.2) is 17.8 Å². The van der Waals surface area contributed by atoms with Gasteiger partial charge in [-0.2, -0.15) is 0 Å². The average molecular weight is 440 g/mol. The molecule has 2 bridgehead atoms. The van der Waals surface area contributed by atoms with E-state index in [1.165, 1.54) is 4.90 Å². The van der Waals surface area contributed by atoms with E-state index in [0.29, 0.717) is 23.1 Å². The number of ether oxygens (including phenoxy) is 1. The molecule has 1 heterocycles. The first-order chi connectivity index (χ1) is 13.5. The number of nitrogens with zero attached hydrogens (tertiary/aromatic N) is 1. The molecule has 2 amide bonds. The molecule has 5 rings (SSSR count). The molecule has 6 heteroatoms. The summed E-state index contributed by atoms with van der Waals surface area (Å²) in [5.74, 6) is -0.377. The molecular formula is C22H18BrNO4. The van der Waals surface area contributed by atoms with E-state index in [0.717, 1.165) is 23.7 Å². The average Bonchev–Trinajstić information content (AvgIpc) is 3.37. The fraction of sp³-hybridized carbons (Fsp3) is 0.318. The van der Waals surface area contributed by atoms with E-state index in [9.17, 15) is 14.4 Å². The minimum atomic E-state index is -0.528. The van der Waals surface area contributed by atoms with Crippen molar-refractivity contribution in [2.75, 3.05) is 4.90 Å². The molecule has 2 aromatic carbocycles. The Balaban J connectivity index is 1.46. The Morgan fingerprint density at radius 1 is 0.929 bits per heavy atom. The highest BCUT2D eigenvalue weighted by atomic mass is 79.9. The maximum absolute atomic E-state index is 13.1. The number of hydrogen-bond acceptors (Lipinski definition) is 4. The standard InChI is InChI=1S/C22H18BrNO4/c23-15-9-7-12(8-10-15)22(27)28-17-4-2-1-3-16(17)24-20(25)18-13-5-6-14(11-13)19(18)21(24)26/h1-4,7-10,13-14,18-19H,5-6,11H2/t13-,14+,18-,19+. The quantitative estimate of drug-likeness (QED) is 0.408. The number of fused-ring (bicyclic) bond motifs is 5. The predicted octanol–water partition coefficient (Wildman–Crippen LogP) is 4.20. The number of para-hydroxylation sites is 2. The molecule has 0 radical (unpaired) electrons. The summed E-state index contributed by atoms with van der Waals surface area (Å²) in [4.78, 5) is 40.0. The smallest absolute Gasteiger partial charge is 0.343 e. The molecule has 0 spiro atoms. The number of carbonyl (C=O) groups excluding carboxylic acids is 3. The van der Waals surface area contributed by atoms with Crippen molar-refractivity contribution in [2.24, 2.45) is 23.7 Å². The maximum Gasteiger partial charge on any atom is 0.343 e. The molecule has 1 saturated heterocycles. The van der Waals surface area contributed by atoms with Gasteiger partial charge < -0.3 is 4.74 Å². The van der Waals surface area contributed by atoms with E-state index < -0.39 is 5.97 Å². The van der Waals surface area contributed by atoms with Crippen molar-refractivity contribution in [3.63, 3.8) is 0 Å². The fourth-order valence-electron chi connectivity index (χ4n) is 5.12. The molecule has 3 aliphatic rings. The van der Waals surface area contributed by atoms with Crippen LogP contribution in [0.5, 0.6) is 5.75 Å². The van der Waals surface area contributed by atoms with E-state index in [-0.39, 0.29) is 29.4 Å². The summed E-state index contributed by atoms with van der Waals surface area (Å²) in [7, 11) is 0. The third-order valence-electron chi connectivity index (χ3n) is 6.32. The summed E-state index contributed by atoms with van der Waals surface area (Å²) in [6.07, 6.45) is 3.04. The maximum atomic E-state index is 13.1. The lowest BCUT2D eigenvalue weighted by Crippen LogP contribution is -2.33. The van der Waals surface area contributed by atoms with Crippen molar-refractivity contribution in [3.8, 4) is 5.75 Å². The molecule has 5 nitrogen and oxygen atoms in total. The third kappa shape index (κ3) is 2.62. The number of anilines is 1. The zero-order chi connectivity index (χ0) is 19.4. The third-order valence-corrected chi connectivity index (χ3v) is 6.84. The van der Waals surface area contributed by atoms with Gasteiger partial charge in [0.15, 0.2) is 5.75 Å². The molecular weight excluding hydrogens is 422 g/mol. The lowest BCUT2D eigenvalue weighted by Gasteiger charge is -2.20. The van der Waals surface area contributed by atoms with Gasteiger partial charge in [0.05, 0.1) is 23.1 Å². The lowest BCUT2D eigenvalue weighted by atomic mass is 9.81. The molecule has 142 valence electrons. The summed E-state index contributed by atoms with van der Waals surface area (Å²) in [5, 5.41) is 0. The Morgan fingerprint density at radius 2 is 1.54 bits per heavy atom. The SMILES string of the molecule is O=C(Oc1ccccc1N1C(=O)[C@@H]2[C@@H]3CC[C@@H](C3)[C@@H]2C1=O)c1ccc(Br)cc1. The number of rotatable bonds is 3. The van der Waals surface area contributed by atoms with Crippen molar-refractivity contribution >= 4 is 39.4 Å². The zero-order valence-electron chi connectivity index (χ0n) is 15.0. The van der Waals surface area contributed by atoms with Crippen LogP contribution in [-0.2, 0) is 9.59 Å². The summed E-state index contributed by atoms with van der Waals surface area (Å²) >= 11 is 3.34. The molecule has 3 fully saturated rings. The van der Waals surface area contributed by atoms with Crippen molar-refractivity contribution in [2.45, 2.75) is 19.3 Å². The van der Waals surface area contributed by atoms with Gasteiger partial charge in [0.1, 0.15) is 0 Å². The molecule has 28 heavy (non-hydrogen) atoms. The number of amides is 2. The van der Waals surface area contributed by atoms with Gasteiger partial charge >= 0.3 is 5.97 Å². The largest absolute Gasteiger partial charge is 0.421 e. The highest BCUT2D eigenvalue weighted by Crippen LogP contribution is 2.57. The number of hydrogen-bond donors (Lipinski definition) is 0. The number of carbonyl (C=O) groups is 3. The van der Waals surface area contributed by atoms with E-state index in [1.807, 2.05) is 0 Å². The molecule has 0 N–H and O–H groups in total. The molecule has 2 aliphatic carbocycles. The Labute approximate surface area is 170 Å². The Bertz CT molecular complexity index is 958. The number of halogens is 1. The second kappa shape index (κ2) is 6.55. The molecule has 0 aromatic heterocycles. The van der Waals surface area contributed by atoms with Crippen molar-refractivity contribution in [1.82, 2.24) is 0 Å². The van der Waals surface area contributed by atoms with Gasteiger partial charge in [0.2, 0.25) is 11.8 Å². The zero-order valence-corrected chi connectivity index (χ0v) is 16.6. The van der Waals surface area contributed by atoms with Gasteiger partial charge in [0, 0.05) is 4.47 Å². The van der Waals surface area contributed by atoms with Gasteiger partial charge in [-0.15, -0.1) is 0 Å². The number of benzene rings is 2. The Hall–Kier alpha value is -2.47. The summed E-state index contributed by atoms with van der Waals surface area (Å²) in [6.45, 7) is 0. The number of esters is 1. The monoisotopic (exact) mass is 439 g/mol. The van der Waals surface area contributed by atoms with Crippen LogP contribution in [0.3, 0.4) is 0 Å². The first kappa shape index (κ1) is 17.6. The highest BCUT2D eigenvalue weighted by molar-refractivity contribution is 9.10. The molecule has 2 saturated carbocycles. The van der Waals surface area contributed by atoms with Crippen LogP contribution in [0.25, 0.3) is 0 Å². The van der Waals surface area contributed by atoms with Gasteiger partial charge in [-0.05, 0) is 67.5 Å².